The Morgan fingerprint density at radius 1 is 1.36 bits per heavy atom. The van der Waals surface area contributed by atoms with Crippen LogP contribution in [0, 0.1) is 5.41 Å². The number of allylic oxidation sites excluding steroid dienone is 1. The summed E-state index contributed by atoms with van der Waals surface area (Å²) in [6.07, 6.45) is 10.6. The minimum Gasteiger partial charge on any atom is -0.321 e. The fourth-order valence-corrected chi connectivity index (χ4v) is 3.20. The molecule has 0 amide bonds. The molecule has 1 fully saturated rings. The lowest BCUT2D eigenvalue weighted by molar-refractivity contribution is 0.117. The van der Waals surface area contributed by atoms with Crippen molar-refractivity contribution in [2.75, 3.05) is 13.1 Å². The molecule has 1 aliphatic carbocycles. The summed E-state index contributed by atoms with van der Waals surface area (Å²) < 4.78 is 0. The first-order valence-corrected chi connectivity index (χ1v) is 5.90. The third-order valence-electron chi connectivity index (χ3n) is 4.14. The van der Waals surface area contributed by atoms with E-state index in [-0.39, 0.29) is 5.54 Å². The van der Waals surface area contributed by atoms with Crippen molar-refractivity contribution in [3.8, 4) is 0 Å². The maximum atomic E-state index is 6.56. The quantitative estimate of drug-likeness (QED) is 0.658. The van der Waals surface area contributed by atoms with Crippen LogP contribution >= 0.6 is 0 Å². The van der Waals surface area contributed by atoms with E-state index >= 15 is 0 Å². The minimum atomic E-state index is -0.0101. The van der Waals surface area contributed by atoms with Crippen LogP contribution in [-0.4, -0.2) is 18.6 Å². The Balaban J connectivity index is 2.17. The third-order valence-corrected chi connectivity index (χ3v) is 4.14. The van der Waals surface area contributed by atoms with Crippen LogP contribution in [0.2, 0.25) is 0 Å². The first kappa shape index (κ1) is 10.2. The van der Waals surface area contributed by atoms with Crippen molar-refractivity contribution < 1.29 is 0 Å². The highest BCUT2D eigenvalue weighted by atomic mass is 14.9. The molecule has 0 aromatic heterocycles. The first-order chi connectivity index (χ1) is 6.72. The standard InChI is InChI=1S/C12H22N2/c1-2-4-12(13)6-3-5-11(12)7-9-14-10-8-11/h3,6,14H,2,4-5,7-10,13H2,1H3. The second-order valence-electron chi connectivity index (χ2n) is 4.93. The molecular weight excluding hydrogens is 172 g/mol. The van der Waals surface area contributed by atoms with E-state index in [4.69, 9.17) is 5.73 Å². The van der Waals surface area contributed by atoms with Gasteiger partial charge in [-0.15, -0.1) is 0 Å². The molecule has 1 spiro atoms. The summed E-state index contributed by atoms with van der Waals surface area (Å²) in [7, 11) is 0. The van der Waals surface area contributed by atoms with Gasteiger partial charge in [-0.1, -0.05) is 25.5 Å². The Hall–Kier alpha value is -0.340. The largest absolute Gasteiger partial charge is 0.321 e. The van der Waals surface area contributed by atoms with E-state index in [2.05, 4.69) is 24.4 Å². The van der Waals surface area contributed by atoms with Gasteiger partial charge in [-0.2, -0.15) is 0 Å². The zero-order chi connectivity index (χ0) is 10.1. The van der Waals surface area contributed by atoms with Gasteiger partial charge in [0.25, 0.3) is 0 Å². The lowest BCUT2D eigenvalue weighted by Crippen LogP contribution is -2.55. The predicted octanol–water partition coefficient (Wildman–Crippen LogP) is 1.81. The van der Waals surface area contributed by atoms with Crippen molar-refractivity contribution >= 4 is 0 Å². The van der Waals surface area contributed by atoms with Gasteiger partial charge in [-0.25, -0.2) is 0 Å². The maximum absolute atomic E-state index is 6.56. The summed E-state index contributed by atoms with van der Waals surface area (Å²) in [6, 6.07) is 0. The lowest BCUT2D eigenvalue weighted by atomic mass is 9.64. The van der Waals surface area contributed by atoms with Crippen molar-refractivity contribution in [2.45, 2.75) is 44.6 Å². The zero-order valence-electron chi connectivity index (χ0n) is 9.18. The highest BCUT2D eigenvalue weighted by molar-refractivity contribution is 5.23. The van der Waals surface area contributed by atoms with Crippen molar-refractivity contribution in [2.24, 2.45) is 11.1 Å². The van der Waals surface area contributed by atoms with Crippen molar-refractivity contribution in [1.82, 2.24) is 5.32 Å². The molecular formula is C12H22N2. The molecule has 1 heterocycles. The van der Waals surface area contributed by atoms with Crippen LogP contribution in [0.1, 0.15) is 39.0 Å². The molecule has 3 N–H and O–H groups in total. The minimum absolute atomic E-state index is 0.0101. The number of hydrogen-bond acceptors (Lipinski definition) is 2. The Bertz CT molecular complexity index is 228. The molecule has 1 aliphatic heterocycles. The van der Waals surface area contributed by atoms with Gasteiger partial charge < -0.3 is 11.1 Å². The molecule has 1 saturated heterocycles. The van der Waals surface area contributed by atoms with E-state index in [1.165, 1.54) is 25.7 Å². The van der Waals surface area contributed by atoms with Gasteiger partial charge in [0, 0.05) is 5.54 Å². The second-order valence-corrected chi connectivity index (χ2v) is 4.93. The summed E-state index contributed by atoms with van der Waals surface area (Å²) in [6.45, 7) is 4.52. The van der Waals surface area contributed by atoms with E-state index in [1.807, 2.05) is 0 Å². The van der Waals surface area contributed by atoms with Crippen molar-refractivity contribution in [1.29, 1.82) is 0 Å². The van der Waals surface area contributed by atoms with Gasteiger partial charge in [-0.05, 0) is 44.2 Å². The van der Waals surface area contributed by atoms with Crippen LogP contribution < -0.4 is 11.1 Å². The molecule has 2 rings (SSSR count). The predicted molar refractivity (Wildman–Crippen MR) is 60.1 cm³/mol. The van der Waals surface area contributed by atoms with Gasteiger partial charge in [0.1, 0.15) is 0 Å². The van der Waals surface area contributed by atoms with Crippen LogP contribution in [0.15, 0.2) is 12.2 Å². The molecule has 0 aromatic carbocycles. The van der Waals surface area contributed by atoms with Gasteiger partial charge in [0.15, 0.2) is 0 Å². The molecule has 2 heteroatoms. The van der Waals surface area contributed by atoms with E-state index in [0.717, 1.165) is 19.5 Å². The van der Waals surface area contributed by atoms with Crippen LogP contribution in [0.5, 0.6) is 0 Å². The molecule has 0 radical (unpaired) electrons. The summed E-state index contributed by atoms with van der Waals surface area (Å²) >= 11 is 0. The van der Waals surface area contributed by atoms with Crippen molar-refractivity contribution in [3.05, 3.63) is 12.2 Å². The van der Waals surface area contributed by atoms with Crippen LogP contribution in [0.25, 0.3) is 0 Å². The van der Waals surface area contributed by atoms with Crippen LogP contribution in [-0.2, 0) is 0 Å². The smallest absolute Gasteiger partial charge is 0.0400 e. The van der Waals surface area contributed by atoms with E-state index in [0.29, 0.717) is 5.41 Å². The molecule has 2 nitrogen and oxygen atoms in total. The summed E-state index contributed by atoms with van der Waals surface area (Å²) in [4.78, 5) is 0. The number of hydrogen-bond donors (Lipinski definition) is 2. The molecule has 0 aromatic rings. The zero-order valence-corrected chi connectivity index (χ0v) is 9.18. The second kappa shape index (κ2) is 3.67. The van der Waals surface area contributed by atoms with E-state index < -0.39 is 0 Å². The Morgan fingerprint density at radius 3 is 2.71 bits per heavy atom. The molecule has 1 unspecified atom stereocenters. The molecule has 14 heavy (non-hydrogen) atoms. The molecule has 0 saturated carbocycles. The highest BCUT2D eigenvalue weighted by Crippen LogP contribution is 2.48. The number of piperidine rings is 1. The monoisotopic (exact) mass is 194 g/mol. The van der Waals surface area contributed by atoms with Crippen LogP contribution in [0.3, 0.4) is 0 Å². The molecule has 80 valence electrons. The SMILES string of the molecule is CCCC1(N)C=CCC12CCNCC2. The normalized spacial score (nSPS) is 35.3. The number of nitrogens with two attached hydrogens (primary N) is 1. The van der Waals surface area contributed by atoms with Crippen LogP contribution in [0.4, 0.5) is 0 Å². The fraction of sp³-hybridized carbons (Fsp3) is 0.833. The highest BCUT2D eigenvalue weighted by Gasteiger charge is 2.48. The lowest BCUT2D eigenvalue weighted by Gasteiger charge is -2.46. The molecule has 0 bridgehead atoms. The average Bonchev–Trinajstić information content (AvgIpc) is 2.46. The topological polar surface area (TPSA) is 38.0 Å². The third kappa shape index (κ3) is 1.41. The fourth-order valence-electron chi connectivity index (χ4n) is 3.20. The van der Waals surface area contributed by atoms with E-state index in [1.54, 1.807) is 0 Å². The average molecular weight is 194 g/mol. The summed E-state index contributed by atoms with van der Waals surface area (Å²) in [5.74, 6) is 0. The van der Waals surface area contributed by atoms with Gasteiger partial charge in [-0.3, -0.25) is 0 Å². The van der Waals surface area contributed by atoms with Gasteiger partial charge in [0.05, 0.1) is 0 Å². The first-order valence-electron chi connectivity index (χ1n) is 5.90. The maximum Gasteiger partial charge on any atom is 0.0400 e. The Kier molecular flexibility index (Phi) is 2.67. The number of nitrogens with one attached hydrogen (secondary N) is 1. The van der Waals surface area contributed by atoms with Crippen molar-refractivity contribution in [3.63, 3.8) is 0 Å². The molecule has 1 atom stereocenters. The van der Waals surface area contributed by atoms with Gasteiger partial charge >= 0.3 is 0 Å². The van der Waals surface area contributed by atoms with E-state index in [9.17, 15) is 0 Å². The Labute approximate surface area is 86.9 Å². The van der Waals surface area contributed by atoms with Gasteiger partial charge in [0.2, 0.25) is 0 Å². The molecule has 2 aliphatic rings. The number of rotatable bonds is 2. The Morgan fingerprint density at radius 2 is 2.07 bits per heavy atom. The summed E-state index contributed by atoms with van der Waals surface area (Å²) in [5, 5.41) is 3.43. The summed E-state index contributed by atoms with van der Waals surface area (Å²) in [5.41, 5.74) is 6.94.